The van der Waals surface area contributed by atoms with E-state index in [1.54, 1.807) is 37.4 Å². The van der Waals surface area contributed by atoms with Gasteiger partial charge in [0.05, 0.1) is 22.3 Å². The zero-order valence-electron chi connectivity index (χ0n) is 11.8. The first-order valence-electron chi connectivity index (χ1n) is 6.43. The van der Waals surface area contributed by atoms with Crippen molar-refractivity contribution in [3.8, 4) is 0 Å². The number of carbonyl (C=O) groups is 1. The highest BCUT2D eigenvalue weighted by Crippen LogP contribution is 2.31. The minimum absolute atomic E-state index is 0.215. The second-order valence-corrected chi connectivity index (χ2v) is 5.09. The van der Waals surface area contributed by atoms with Gasteiger partial charge in [0.25, 0.3) is 5.91 Å². The summed E-state index contributed by atoms with van der Waals surface area (Å²) in [5.74, 6) is 0.121. The van der Waals surface area contributed by atoms with Crippen molar-refractivity contribution < 1.29 is 9.53 Å². The summed E-state index contributed by atoms with van der Waals surface area (Å²) in [7, 11) is 1.56. The first kappa shape index (κ1) is 16.5. The van der Waals surface area contributed by atoms with Crippen molar-refractivity contribution in [3.05, 3.63) is 46.1 Å². The zero-order valence-corrected chi connectivity index (χ0v) is 13.3. The summed E-state index contributed by atoms with van der Waals surface area (Å²) in [4.78, 5) is 11.8. The molecule has 0 atom stereocenters. The fourth-order valence-electron chi connectivity index (χ4n) is 1.62. The molecular weight excluding hydrogens is 327 g/mol. The standard InChI is InChI=1S/C14H14Cl2N4O2/c1-22-8-7-17-14(21)11-5-6-12(20-19-11)18-13-9(15)3-2-4-10(13)16/h2-6H,7-8H2,1H3,(H,17,21)(H,18,20). The smallest absolute Gasteiger partial charge is 0.271 e. The molecule has 0 aliphatic heterocycles. The van der Waals surface area contributed by atoms with Crippen LogP contribution in [0.4, 0.5) is 11.5 Å². The lowest BCUT2D eigenvalue weighted by molar-refractivity contribution is 0.0931. The third kappa shape index (κ3) is 4.30. The molecule has 22 heavy (non-hydrogen) atoms. The maximum Gasteiger partial charge on any atom is 0.271 e. The van der Waals surface area contributed by atoms with Crippen LogP contribution in [-0.2, 0) is 4.74 Å². The van der Waals surface area contributed by atoms with Crippen LogP contribution in [0.2, 0.25) is 10.0 Å². The van der Waals surface area contributed by atoms with E-state index in [9.17, 15) is 4.79 Å². The van der Waals surface area contributed by atoms with Gasteiger partial charge < -0.3 is 15.4 Å². The van der Waals surface area contributed by atoms with Gasteiger partial charge in [0.2, 0.25) is 0 Å². The largest absolute Gasteiger partial charge is 0.383 e. The molecule has 1 amide bonds. The maximum absolute atomic E-state index is 11.8. The van der Waals surface area contributed by atoms with Crippen LogP contribution in [-0.4, -0.2) is 36.4 Å². The fourth-order valence-corrected chi connectivity index (χ4v) is 2.11. The predicted octanol–water partition coefficient (Wildman–Crippen LogP) is 2.90. The number of hydrogen-bond acceptors (Lipinski definition) is 5. The van der Waals surface area contributed by atoms with Crippen LogP contribution in [0.15, 0.2) is 30.3 Å². The Balaban J connectivity index is 2.04. The molecule has 0 fully saturated rings. The van der Waals surface area contributed by atoms with Gasteiger partial charge in [-0.2, -0.15) is 0 Å². The average molecular weight is 341 g/mol. The number of aromatic nitrogens is 2. The number of ether oxygens (including phenoxy) is 1. The summed E-state index contributed by atoms with van der Waals surface area (Å²) in [6.07, 6.45) is 0. The number of para-hydroxylation sites is 1. The Bertz CT molecular complexity index is 630. The van der Waals surface area contributed by atoms with Crippen LogP contribution >= 0.6 is 23.2 Å². The molecule has 0 aliphatic rings. The van der Waals surface area contributed by atoms with Gasteiger partial charge >= 0.3 is 0 Å². The minimum atomic E-state index is -0.313. The van der Waals surface area contributed by atoms with Crippen molar-refractivity contribution >= 4 is 40.6 Å². The van der Waals surface area contributed by atoms with Gasteiger partial charge in [-0.25, -0.2) is 0 Å². The van der Waals surface area contributed by atoms with E-state index in [-0.39, 0.29) is 11.6 Å². The maximum atomic E-state index is 11.8. The van der Waals surface area contributed by atoms with Crippen molar-refractivity contribution in [1.29, 1.82) is 0 Å². The summed E-state index contributed by atoms with van der Waals surface area (Å²) in [5.41, 5.74) is 0.754. The molecule has 0 radical (unpaired) electrons. The Labute approximate surface area is 137 Å². The molecule has 0 spiro atoms. The molecule has 2 N–H and O–H groups in total. The first-order chi connectivity index (χ1) is 10.6. The Kier molecular flexibility index (Phi) is 5.94. The van der Waals surface area contributed by atoms with Crippen LogP contribution < -0.4 is 10.6 Å². The molecule has 2 rings (SSSR count). The number of hydrogen-bond donors (Lipinski definition) is 2. The fraction of sp³-hybridized carbons (Fsp3) is 0.214. The van der Waals surface area contributed by atoms with E-state index in [1.807, 2.05) is 0 Å². The molecule has 6 nitrogen and oxygen atoms in total. The Morgan fingerprint density at radius 1 is 1.18 bits per heavy atom. The van der Waals surface area contributed by atoms with Crippen LogP contribution in [0.5, 0.6) is 0 Å². The van der Waals surface area contributed by atoms with E-state index >= 15 is 0 Å². The Morgan fingerprint density at radius 3 is 2.50 bits per heavy atom. The molecule has 116 valence electrons. The third-order valence-corrected chi connectivity index (χ3v) is 3.33. The summed E-state index contributed by atoms with van der Waals surface area (Å²) < 4.78 is 4.85. The number of nitrogens with zero attached hydrogens (tertiary/aromatic N) is 2. The lowest BCUT2D eigenvalue weighted by Gasteiger charge is -2.09. The first-order valence-corrected chi connectivity index (χ1v) is 7.19. The van der Waals surface area contributed by atoms with Crippen LogP contribution in [0.1, 0.15) is 10.5 Å². The van der Waals surface area contributed by atoms with E-state index < -0.39 is 0 Å². The highest BCUT2D eigenvalue weighted by molar-refractivity contribution is 6.39. The molecule has 2 aromatic rings. The number of carbonyl (C=O) groups excluding carboxylic acids is 1. The normalized spacial score (nSPS) is 10.3. The molecule has 0 aliphatic carbocycles. The quantitative estimate of drug-likeness (QED) is 0.790. The van der Waals surface area contributed by atoms with Gasteiger partial charge in [0.15, 0.2) is 11.5 Å². The highest BCUT2D eigenvalue weighted by Gasteiger charge is 2.09. The number of methoxy groups -OCH3 is 1. The summed E-state index contributed by atoms with van der Waals surface area (Å²) in [6, 6.07) is 8.34. The van der Waals surface area contributed by atoms with Crippen molar-refractivity contribution in [1.82, 2.24) is 15.5 Å². The van der Waals surface area contributed by atoms with Gasteiger partial charge in [-0.1, -0.05) is 29.3 Å². The van der Waals surface area contributed by atoms with Crippen molar-refractivity contribution in [2.75, 3.05) is 25.6 Å². The predicted molar refractivity (Wildman–Crippen MR) is 86.0 cm³/mol. The van der Waals surface area contributed by atoms with Gasteiger partial charge in [0.1, 0.15) is 0 Å². The molecule has 0 unspecified atom stereocenters. The zero-order chi connectivity index (χ0) is 15.9. The lowest BCUT2D eigenvalue weighted by atomic mass is 10.3. The molecule has 1 heterocycles. The molecule has 8 heteroatoms. The molecular formula is C14H14Cl2N4O2. The van der Waals surface area contributed by atoms with E-state index in [4.69, 9.17) is 27.9 Å². The number of anilines is 2. The Hall–Kier alpha value is -1.89. The number of amides is 1. The summed E-state index contributed by atoms with van der Waals surface area (Å²) in [5, 5.41) is 14.4. The second kappa shape index (κ2) is 7.93. The number of halogens is 2. The van der Waals surface area contributed by atoms with E-state index in [0.717, 1.165) is 0 Å². The average Bonchev–Trinajstić information content (AvgIpc) is 2.52. The van der Waals surface area contributed by atoms with Crippen LogP contribution in [0.3, 0.4) is 0 Å². The highest BCUT2D eigenvalue weighted by atomic mass is 35.5. The van der Waals surface area contributed by atoms with Gasteiger partial charge in [-0.15, -0.1) is 10.2 Å². The number of benzene rings is 1. The molecule has 0 saturated carbocycles. The number of nitrogens with one attached hydrogen (secondary N) is 2. The topological polar surface area (TPSA) is 76.1 Å². The molecule has 1 aromatic carbocycles. The van der Waals surface area contributed by atoms with Gasteiger partial charge in [-0.3, -0.25) is 4.79 Å². The molecule has 0 saturated heterocycles. The van der Waals surface area contributed by atoms with Gasteiger partial charge in [0, 0.05) is 13.7 Å². The van der Waals surface area contributed by atoms with Gasteiger partial charge in [-0.05, 0) is 24.3 Å². The van der Waals surface area contributed by atoms with Crippen molar-refractivity contribution in [3.63, 3.8) is 0 Å². The van der Waals surface area contributed by atoms with E-state index in [0.29, 0.717) is 34.7 Å². The lowest BCUT2D eigenvalue weighted by Crippen LogP contribution is -2.27. The SMILES string of the molecule is COCCNC(=O)c1ccc(Nc2c(Cl)cccc2Cl)nn1. The molecule has 0 bridgehead atoms. The van der Waals surface area contributed by atoms with E-state index in [2.05, 4.69) is 20.8 Å². The van der Waals surface area contributed by atoms with Crippen molar-refractivity contribution in [2.24, 2.45) is 0 Å². The monoisotopic (exact) mass is 340 g/mol. The Morgan fingerprint density at radius 2 is 1.91 bits per heavy atom. The van der Waals surface area contributed by atoms with Crippen LogP contribution in [0.25, 0.3) is 0 Å². The minimum Gasteiger partial charge on any atom is -0.383 e. The van der Waals surface area contributed by atoms with Crippen LogP contribution in [0, 0.1) is 0 Å². The van der Waals surface area contributed by atoms with Crippen molar-refractivity contribution in [2.45, 2.75) is 0 Å². The molecule has 1 aromatic heterocycles. The third-order valence-electron chi connectivity index (χ3n) is 2.70. The number of rotatable bonds is 6. The van der Waals surface area contributed by atoms with E-state index in [1.165, 1.54) is 0 Å². The summed E-state index contributed by atoms with van der Waals surface area (Å²) in [6.45, 7) is 0.843. The second-order valence-electron chi connectivity index (χ2n) is 4.27. The summed E-state index contributed by atoms with van der Waals surface area (Å²) >= 11 is 12.1.